The van der Waals surface area contributed by atoms with E-state index in [0.29, 0.717) is 5.69 Å². The quantitative estimate of drug-likeness (QED) is 0.793. The number of aryl methyl sites for hydroxylation is 1. The van der Waals surface area contributed by atoms with Gasteiger partial charge in [-0.05, 0) is 34.5 Å². The van der Waals surface area contributed by atoms with Crippen LogP contribution in [0.5, 0.6) is 0 Å². The number of pyridine rings is 1. The van der Waals surface area contributed by atoms with Gasteiger partial charge in [0.1, 0.15) is 5.69 Å². The lowest BCUT2D eigenvalue weighted by Crippen LogP contribution is -2.20. The van der Waals surface area contributed by atoms with Gasteiger partial charge in [0.05, 0.1) is 0 Å². The molecule has 0 bridgehead atoms. The lowest BCUT2D eigenvalue weighted by Gasteiger charge is -2.02. The average Bonchev–Trinajstić information content (AvgIpc) is 2.03. The summed E-state index contributed by atoms with van der Waals surface area (Å²) in [6, 6.07) is 1.86. The van der Waals surface area contributed by atoms with Crippen LogP contribution in [-0.4, -0.2) is 17.9 Å². The van der Waals surface area contributed by atoms with Crippen molar-refractivity contribution >= 4 is 21.8 Å². The molecular weight excluding hydrogens is 220 g/mol. The van der Waals surface area contributed by atoms with Crippen LogP contribution in [0.4, 0.5) is 0 Å². The molecule has 4 heteroatoms. The maximum absolute atomic E-state index is 11.2. The second-order valence-electron chi connectivity index (χ2n) is 2.40. The highest BCUT2D eigenvalue weighted by Gasteiger charge is 2.07. The second kappa shape index (κ2) is 3.67. The van der Waals surface area contributed by atoms with E-state index in [1.165, 1.54) is 0 Å². The average molecular weight is 229 g/mol. The fourth-order valence-electron chi connectivity index (χ4n) is 0.897. The molecule has 64 valence electrons. The standard InChI is InChI=1S/C8H9BrN2O/c1-5-3-6(9)4-11-7(5)8(12)10-2/h3-4H,1-2H3,(H,10,12). The summed E-state index contributed by atoms with van der Waals surface area (Å²) in [4.78, 5) is 15.1. The molecule has 0 aliphatic heterocycles. The van der Waals surface area contributed by atoms with Gasteiger partial charge < -0.3 is 5.32 Å². The van der Waals surface area contributed by atoms with Crippen LogP contribution in [0.1, 0.15) is 16.1 Å². The molecule has 1 amide bonds. The normalized spacial score (nSPS) is 9.58. The molecule has 0 atom stereocenters. The number of nitrogens with one attached hydrogen (secondary N) is 1. The highest BCUT2D eigenvalue weighted by Crippen LogP contribution is 2.12. The molecule has 0 saturated carbocycles. The van der Waals surface area contributed by atoms with Crippen LogP contribution in [0.2, 0.25) is 0 Å². The molecule has 1 aromatic rings. The van der Waals surface area contributed by atoms with E-state index in [1.807, 2.05) is 13.0 Å². The maximum atomic E-state index is 11.2. The summed E-state index contributed by atoms with van der Waals surface area (Å²) in [5.74, 6) is -0.153. The Labute approximate surface area is 79.3 Å². The smallest absolute Gasteiger partial charge is 0.269 e. The summed E-state index contributed by atoms with van der Waals surface area (Å²) in [6.07, 6.45) is 1.61. The molecule has 0 spiro atoms. The molecule has 0 aliphatic rings. The number of carbonyl (C=O) groups excluding carboxylic acids is 1. The Morgan fingerprint density at radius 3 is 2.83 bits per heavy atom. The minimum Gasteiger partial charge on any atom is -0.354 e. The summed E-state index contributed by atoms with van der Waals surface area (Å²) >= 11 is 3.27. The van der Waals surface area contributed by atoms with Gasteiger partial charge in [-0.1, -0.05) is 0 Å². The number of nitrogens with zero attached hydrogens (tertiary/aromatic N) is 1. The minimum atomic E-state index is -0.153. The maximum Gasteiger partial charge on any atom is 0.269 e. The number of aromatic nitrogens is 1. The minimum absolute atomic E-state index is 0.153. The van der Waals surface area contributed by atoms with Crippen LogP contribution in [0.15, 0.2) is 16.7 Å². The summed E-state index contributed by atoms with van der Waals surface area (Å²) in [7, 11) is 1.59. The highest BCUT2D eigenvalue weighted by molar-refractivity contribution is 9.10. The van der Waals surface area contributed by atoms with Crippen molar-refractivity contribution in [3.05, 3.63) is 28.0 Å². The number of halogens is 1. The summed E-state index contributed by atoms with van der Waals surface area (Å²) in [5.41, 5.74) is 1.34. The van der Waals surface area contributed by atoms with Crippen molar-refractivity contribution in [3.63, 3.8) is 0 Å². The molecule has 0 fully saturated rings. The fourth-order valence-corrected chi connectivity index (χ4v) is 1.34. The Morgan fingerprint density at radius 2 is 2.33 bits per heavy atom. The first-order valence-electron chi connectivity index (χ1n) is 3.49. The zero-order valence-electron chi connectivity index (χ0n) is 6.89. The SMILES string of the molecule is CNC(=O)c1ncc(Br)cc1C. The highest BCUT2D eigenvalue weighted by atomic mass is 79.9. The molecule has 1 rings (SSSR count). The molecule has 3 nitrogen and oxygen atoms in total. The van der Waals surface area contributed by atoms with E-state index in [1.54, 1.807) is 13.2 Å². The van der Waals surface area contributed by atoms with Crippen molar-refractivity contribution < 1.29 is 4.79 Å². The lowest BCUT2D eigenvalue weighted by atomic mass is 10.2. The third-order valence-corrected chi connectivity index (χ3v) is 1.92. The predicted molar refractivity (Wildman–Crippen MR) is 50.1 cm³/mol. The Hall–Kier alpha value is -0.900. The van der Waals surface area contributed by atoms with E-state index >= 15 is 0 Å². The van der Waals surface area contributed by atoms with Gasteiger partial charge in [-0.25, -0.2) is 4.98 Å². The van der Waals surface area contributed by atoms with E-state index < -0.39 is 0 Å². The van der Waals surface area contributed by atoms with Crippen molar-refractivity contribution in [2.75, 3.05) is 7.05 Å². The van der Waals surface area contributed by atoms with Crippen molar-refractivity contribution in [1.82, 2.24) is 10.3 Å². The molecule has 12 heavy (non-hydrogen) atoms. The number of carbonyl (C=O) groups is 1. The summed E-state index contributed by atoms with van der Waals surface area (Å²) in [6.45, 7) is 1.85. The van der Waals surface area contributed by atoms with E-state index in [4.69, 9.17) is 0 Å². The van der Waals surface area contributed by atoms with E-state index in [2.05, 4.69) is 26.2 Å². The van der Waals surface area contributed by atoms with Crippen LogP contribution in [-0.2, 0) is 0 Å². The molecular formula is C8H9BrN2O. The fraction of sp³-hybridized carbons (Fsp3) is 0.250. The third-order valence-electron chi connectivity index (χ3n) is 1.49. The van der Waals surface area contributed by atoms with Gasteiger partial charge in [-0.15, -0.1) is 0 Å². The number of hydrogen-bond acceptors (Lipinski definition) is 2. The zero-order chi connectivity index (χ0) is 9.14. The van der Waals surface area contributed by atoms with Crippen LogP contribution in [0.3, 0.4) is 0 Å². The van der Waals surface area contributed by atoms with E-state index in [0.717, 1.165) is 10.0 Å². The molecule has 1 N–H and O–H groups in total. The Balaban J connectivity index is 3.09. The first-order chi connectivity index (χ1) is 5.65. The van der Waals surface area contributed by atoms with Gasteiger partial charge in [0.15, 0.2) is 0 Å². The van der Waals surface area contributed by atoms with Gasteiger partial charge in [-0.2, -0.15) is 0 Å². The Bertz CT molecular complexity index is 312. The van der Waals surface area contributed by atoms with Crippen molar-refractivity contribution in [3.8, 4) is 0 Å². The number of rotatable bonds is 1. The van der Waals surface area contributed by atoms with Crippen LogP contribution < -0.4 is 5.32 Å². The molecule has 0 unspecified atom stereocenters. The molecule has 1 heterocycles. The van der Waals surface area contributed by atoms with Gasteiger partial charge in [0.2, 0.25) is 0 Å². The molecule has 0 aliphatic carbocycles. The van der Waals surface area contributed by atoms with Crippen LogP contribution >= 0.6 is 15.9 Å². The van der Waals surface area contributed by atoms with Crippen molar-refractivity contribution in [2.24, 2.45) is 0 Å². The van der Waals surface area contributed by atoms with Crippen molar-refractivity contribution in [1.29, 1.82) is 0 Å². The first kappa shape index (κ1) is 9.19. The largest absolute Gasteiger partial charge is 0.354 e. The number of hydrogen-bond donors (Lipinski definition) is 1. The van der Waals surface area contributed by atoms with Crippen LogP contribution in [0, 0.1) is 6.92 Å². The first-order valence-corrected chi connectivity index (χ1v) is 4.28. The van der Waals surface area contributed by atoms with E-state index in [9.17, 15) is 4.79 Å². The van der Waals surface area contributed by atoms with Gasteiger partial charge in [0, 0.05) is 17.7 Å². The van der Waals surface area contributed by atoms with Gasteiger partial charge in [0.25, 0.3) is 5.91 Å². The predicted octanol–water partition coefficient (Wildman–Crippen LogP) is 1.51. The monoisotopic (exact) mass is 228 g/mol. The Morgan fingerprint density at radius 1 is 1.67 bits per heavy atom. The van der Waals surface area contributed by atoms with Crippen molar-refractivity contribution in [2.45, 2.75) is 6.92 Å². The molecule has 1 aromatic heterocycles. The summed E-state index contributed by atoms with van der Waals surface area (Å²) < 4.78 is 0.882. The zero-order valence-corrected chi connectivity index (χ0v) is 8.47. The second-order valence-corrected chi connectivity index (χ2v) is 3.31. The van der Waals surface area contributed by atoms with Crippen LogP contribution in [0.25, 0.3) is 0 Å². The topological polar surface area (TPSA) is 42.0 Å². The Kier molecular flexibility index (Phi) is 2.81. The van der Waals surface area contributed by atoms with Gasteiger partial charge >= 0.3 is 0 Å². The molecule has 0 aromatic carbocycles. The number of amides is 1. The molecule has 0 radical (unpaired) electrons. The van der Waals surface area contributed by atoms with Gasteiger partial charge in [-0.3, -0.25) is 4.79 Å². The summed E-state index contributed by atoms with van der Waals surface area (Å²) in [5, 5.41) is 2.52. The van der Waals surface area contributed by atoms with E-state index in [-0.39, 0.29) is 5.91 Å². The third kappa shape index (κ3) is 1.82. The lowest BCUT2D eigenvalue weighted by molar-refractivity contribution is 0.0957. The molecule has 0 saturated heterocycles.